The monoisotopic (exact) mass is 391 g/mol. The van der Waals surface area contributed by atoms with Crippen molar-refractivity contribution in [2.24, 2.45) is 10.7 Å². The Morgan fingerprint density at radius 3 is 0.818 bits per heavy atom. The third-order valence-electron chi connectivity index (χ3n) is 0. The zero-order valence-electron chi connectivity index (χ0n) is 5.01. The molecule has 0 fully saturated rings. The van der Waals surface area contributed by atoms with Gasteiger partial charge in [0.25, 0.3) is 0 Å². The maximum absolute atomic E-state index is 8.00. The molecule has 0 aliphatic rings. The van der Waals surface area contributed by atoms with Crippen LogP contribution >= 0.6 is 0 Å². The average molecular weight is 392 g/mol. The van der Waals surface area contributed by atoms with Crippen LogP contribution in [0.25, 0.3) is 0 Å². The van der Waals surface area contributed by atoms with Crippen LogP contribution < -0.4 is 37.1 Å². The zero-order chi connectivity index (χ0) is 5.41. The van der Waals surface area contributed by atoms with E-state index in [2.05, 4.69) is 0 Å². The topological polar surface area (TPSA) is 175 Å². The smallest absolute Gasteiger partial charge is 1.00 e. The van der Waals surface area contributed by atoms with Crippen LogP contribution in [0.1, 0.15) is 0 Å². The number of rotatable bonds is 0. The summed E-state index contributed by atoms with van der Waals surface area (Å²) in [5.41, 5.74) is 0. The van der Waals surface area contributed by atoms with E-state index >= 15 is 0 Å². The van der Waals surface area contributed by atoms with Crippen molar-refractivity contribution in [1.29, 1.82) is 0 Å². The molecule has 0 aliphatic heterocycles. The fourth-order valence-electron chi connectivity index (χ4n) is 0. The summed E-state index contributed by atoms with van der Waals surface area (Å²) in [4.78, 5) is 16.0. The molecule has 0 aliphatic carbocycles. The molecule has 0 aromatic heterocycles. The summed E-state index contributed by atoms with van der Waals surface area (Å²) in [6.45, 7) is 0. The van der Waals surface area contributed by atoms with Gasteiger partial charge in [-0.05, 0) is 0 Å². The van der Waals surface area contributed by atoms with E-state index < -0.39 is 0 Å². The molecule has 0 saturated carbocycles. The van der Waals surface area contributed by atoms with Gasteiger partial charge in [-0.15, -0.1) is 10.7 Å². The van der Waals surface area contributed by atoms with Gasteiger partial charge in [-0.25, -0.2) is 0 Å². The van der Waals surface area contributed by atoms with Crippen LogP contribution in [-0.2, 0) is 21.1 Å². The van der Waals surface area contributed by atoms with Gasteiger partial charge in [0, 0.05) is 0 Å². The summed E-state index contributed by atoms with van der Waals surface area (Å²) in [7, 11) is 0. The maximum Gasteiger partial charge on any atom is 2.00 e. The van der Waals surface area contributed by atoms with E-state index in [0.717, 1.165) is 10.7 Å². The first-order valence-electron chi connectivity index (χ1n) is 0.730. The van der Waals surface area contributed by atoms with E-state index in [1.165, 1.54) is 0 Å². The van der Waals surface area contributed by atoms with Crippen LogP contribution in [0, 0.1) is 20.2 Å². The molecular formula is H6Cl2N4O4Pt-2. The minimum atomic E-state index is 0. The molecule has 0 unspecified atom stereocenters. The number of hydrogen-bond donors (Lipinski definition) is 2. The van der Waals surface area contributed by atoms with Gasteiger partial charge in [0.2, 0.25) is 0 Å². The van der Waals surface area contributed by atoms with E-state index in [-0.39, 0.29) is 58.2 Å². The molecule has 6 N–H and O–H groups in total. The van der Waals surface area contributed by atoms with Gasteiger partial charge in [-0.3, -0.25) is 0 Å². The Morgan fingerprint density at radius 1 is 0.818 bits per heavy atom. The number of nitrogens with zero attached hydrogens (tertiary/aromatic N) is 2. The second-order valence-corrected chi connectivity index (χ2v) is 0.149. The largest absolute Gasteiger partial charge is 2.00 e. The van der Waals surface area contributed by atoms with Gasteiger partial charge in [0.1, 0.15) is 0 Å². The van der Waals surface area contributed by atoms with Crippen LogP contribution in [0.3, 0.4) is 0 Å². The predicted octanol–water partition coefficient (Wildman–Crippen LogP) is -5.17. The molecule has 0 bridgehead atoms. The minimum absolute atomic E-state index is 0. The fourth-order valence-corrected chi connectivity index (χ4v) is 0. The van der Waals surface area contributed by atoms with Crippen molar-refractivity contribution in [2.45, 2.75) is 0 Å². The molecule has 0 rings (SSSR count). The van der Waals surface area contributed by atoms with Crippen molar-refractivity contribution in [3.63, 3.8) is 0 Å². The fraction of sp³-hybridized carbons (Fsp3) is 0. The van der Waals surface area contributed by atoms with Crippen LogP contribution in [0.4, 0.5) is 0 Å². The Labute approximate surface area is 89.2 Å². The molecule has 0 spiro atoms. The molecule has 0 saturated heterocycles. The first-order chi connectivity index (χ1) is 2.83. The molecule has 8 nitrogen and oxygen atoms in total. The van der Waals surface area contributed by atoms with Crippen LogP contribution in [0.2, 0.25) is 0 Å². The second-order valence-electron chi connectivity index (χ2n) is 0.149. The Balaban J connectivity index is -0.00000000400. The van der Waals surface area contributed by atoms with Gasteiger partial charge < -0.3 is 57.3 Å². The normalized spacial score (nSPS) is 2.18. The number of halogens is 2. The molecule has 76 valence electrons. The summed E-state index contributed by atoms with van der Waals surface area (Å²) >= 11 is 0. The molecule has 0 heterocycles. The van der Waals surface area contributed by atoms with E-state index in [1.54, 1.807) is 0 Å². The quantitative estimate of drug-likeness (QED) is 0.308. The molecule has 0 radical (unpaired) electrons. The van der Waals surface area contributed by atoms with Gasteiger partial charge in [0.05, 0.1) is 0 Å². The van der Waals surface area contributed by atoms with Crippen molar-refractivity contribution >= 4 is 0 Å². The summed E-state index contributed by atoms with van der Waals surface area (Å²) in [6.07, 6.45) is 0. The zero-order valence-corrected chi connectivity index (χ0v) is 8.80. The van der Waals surface area contributed by atoms with Crippen molar-refractivity contribution < 1.29 is 45.9 Å². The van der Waals surface area contributed by atoms with Crippen LogP contribution in [0.15, 0.2) is 10.7 Å². The van der Waals surface area contributed by atoms with E-state index in [4.69, 9.17) is 20.2 Å². The first kappa shape index (κ1) is 68.9. The summed E-state index contributed by atoms with van der Waals surface area (Å²) in [5, 5.41) is 18.0. The van der Waals surface area contributed by atoms with Gasteiger partial charge in [-0.1, -0.05) is 0 Å². The standard InChI is InChI=1S/2ClH.2HNO2.2H3N.Pt/c;;2*2-1-3;;;/h2*1H;2*(H,2,3);2*1H3;/q;;;;;;+2/p-4. The van der Waals surface area contributed by atoms with Gasteiger partial charge in [-0.2, -0.15) is 0 Å². The molecule has 11 heavy (non-hydrogen) atoms. The first-order valence-corrected chi connectivity index (χ1v) is 0.730. The molecular weight excluding hydrogens is 386 g/mol. The summed E-state index contributed by atoms with van der Waals surface area (Å²) in [5.74, 6) is 0. The molecule has 0 atom stereocenters. The Bertz CT molecular complexity index is 41.1. The molecule has 0 aromatic carbocycles. The minimum Gasteiger partial charge on any atom is -1.00 e. The number of hydrogen-bond acceptors (Lipinski definition) is 8. The van der Waals surface area contributed by atoms with Crippen LogP contribution in [0.5, 0.6) is 0 Å². The Hall–Kier alpha value is -0.0117. The van der Waals surface area contributed by atoms with Crippen molar-refractivity contribution in [1.82, 2.24) is 12.3 Å². The molecule has 0 amide bonds. The molecule has 11 heteroatoms. The van der Waals surface area contributed by atoms with E-state index in [0.29, 0.717) is 0 Å². The van der Waals surface area contributed by atoms with Crippen molar-refractivity contribution in [3.8, 4) is 0 Å². The Morgan fingerprint density at radius 2 is 0.818 bits per heavy atom. The SMILES string of the molecule is N.N.O=N[O-].O=N[O-].[Cl-].[Cl-].[Pt+2]. The summed E-state index contributed by atoms with van der Waals surface area (Å²) < 4.78 is 0. The average Bonchev–Trinajstić information content (AvgIpc) is 1.39. The van der Waals surface area contributed by atoms with Gasteiger partial charge in [0.15, 0.2) is 0 Å². The third kappa shape index (κ3) is 4670000. The van der Waals surface area contributed by atoms with Crippen molar-refractivity contribution in [3.05, 3.63) is 20.2 Å². The van der Waals surface area contributed by atoms with E-state index in [9.17, 15) is 0 Å². The Kier molecular flexibility index (Phi) is 1280. The summed E-state index contributed by atoms with van der Waals surface area (Å²) in [6, 6.07) is 0. The maximum atomic E-state index is 8.00. The van der Waals surface area contributed by atoms with Crippen molar-refractivity contribution in [2.75, 3.05) is 0 Å². The van der Waals surface area contributed by atoms with Crippen LogP contribution in [-0.4, -0.2) is 0 Å². The van der Waals surface area contributed by atoms with E-state index in [1.807, 2.05) is 0 Å². The molecule has 0 aromatic rings. The van der Waals surface area contributed by atoms with Gasteiger partial charge >= 0.3 is 21.1 Å². The third-order valence-corrected chi connectivity index (χ3v) is 0. The predicted molar refractivity (Wildman–Crippen MR) is 28.4 cm³/mol. The second kappa shape index (κ2) is 204.